The standard InChI is InChI=1S/C24H33N5O3.HI/c1-2-25-24(29-13-11-28(12-14-29)23(31)22-8-5-15-32-22)26-16-21(30)18-27-10-9-19-6-3-4-7-20(19)17-27;/h3-8,15,21,30H,2,9-14,16-18H2,1H3,(H,25,26);1H. The lowest BCUT2D eigenvalue weighted by Gasteiger charge is -2.36. The number of aliphatic imine (C=N–C) groups is 1. The molecule has 2 N–H and O–H groups in total. The van der Waals surface area contributed by atoms with Crippen LogP contribution in [0.1, 0.15) is 28.6 Å². The molecule has 0 radical (unpaired) electrons. The van der Waals surface area contributed by atoms with Gasteiger partial charge in [-0.05, 0) is 36.6 Å². The molecule has 0 saturated carbocycles. The third-order valence-electron chi connectivity index (χ3n) is 6.06. The van der Waals surface area contributed by atoms with E-state index in [1.807, 2.05) is 11.8 Å². The Balaban J connectivity index is 0.00000306. The molecule has 1 unspecified atom stereocenters. The maximum absolute atomic E-state index is 12.5. The first kappa shape index (κ1) is 25.5. The summed E-state index contributed by atoms with van der Waals surface area (Å²) in [6.07, 6.45) is 2.03. The number of β-amino-alcohol motifs (C(OH)–C–C–N with tert-alkyl or cyclic N) is 1. The summed E-state index contributed by atoms with van der Waals surface area (Å²) in [6, 6.07) is 12.0. The number of carbonyl (C=O) groups is 1. The van der Waals surface area contributed by atoms with Crippen LogP contribution < -0.4 is 5.32 Å². The van der Waals surface area contributed by atoms with Crippen LogP contribution in [0.5, 0.6) is 0 Å². The summed E-state index contributed by atoms with van der Waals surface area (Å²) < 4.78 is 5.24. The molecule has 1 saturated heterocycles. The molecule has 33 heavy (non-hydrogen) atoms. The van der Waals surface area contributed by atoms with E-state index >= 15 is 0 Å². The Bertz CT molecular complexity index is 913. The topological polar surface area (TPSA) is 84.6 Å². The number of hydrogen-bond acceptors (Lipinski definition) is 5. The number of rotatable bonds is 6. The van der Waals surface area contributed by atoms with Crippen molar-refractivity contribution in [3.8, 4) is 0 Å². The van der Waals surface area contributed by atoms with Gasteiger partial charge in [0.1, 0.15) is 0 Å². The van der Waals surface area contributed by atoms with Crippen molar-refractivity contribution in [3.63, 3.8) is 0 Å². The number of halogens is 1. The highest BCUT2D eigenvalue weighted by Gasteiger charge is 2.25. The number of fused-ring (bicyclic) bond motifs is 1. The monoisotopic (exact) mass is 567 g/mol. The number of furan rings is 1. The second-order valence-electron chi connectivity index (χ2n) is 8.36. The molecule has 4 rings (SSSR count). The molecule has 1 atom stereocenters. The average Bonchev–Trinajstić information content (AvgIpc) is 3.36. The van der Waals surface area contributed by atoms with E-state index in [4.69, 9.17) is 9.41 Å². The zero-order chi connectivity index (χ0) is 22.3. The van der Waals surface area contributed by atoms with Gasteiger partial charge in [0.25, 0.3) is 5.91 Å². The minimum absolute atomic E-state index is 0. The van der Waals surface area contributed by atoms with Gasteiger partial charge in [-0.15, -0.1) is 24.0 Å². The van der Waals surface area contributed by atoms with Crippen LogP contribution in [0, 0.1) is 0 Å². The van der Waals surface area contributed by atoms with E-state index < -0.39 is 6.10 Å². The van der Waals surface area contributed by atoms with Crippen molar-refractivity contribution in [1.82, 2.24) is 20.0 Å². The van der Waals surface area contributed by atoms with Crippen LogP contribution in [-0.4, -0.2) is 90.1 Å². The van der Waals surface area contributed by atoms with E-state index in [2.05, 4.69) is 39.4 Å². The zero-order valence-electron chi connectivity index (χ0n) is 19.2. The van der Waals surface area contributed by atoms with Gasteiger partial charge in [0.05, 0.1) is 18.9 Å². The number of benzene rings is 1. The molecule has 1 amide bonds. The van der Waals surface area contributed by atoms with Crippen molar-refractivity contribution < 1.29 is 14.3 Å². The molecule has 9 heteroatoms. The zero-order valence-corrected chi connectivity index (χ0v) is 21.5. The summed E-state index contributed by atoms with van der Waals surface area (Å²) in [7, 11) is 0. The van der Waals surface area contributed by atoms with Crippen LogP contribution in [0.15, 0.2) is 52.1 Å². The third-order valence-corrected chi connectivity index (χ3v) is 6.06. The van der Waals surface area contributed by atoms with Crippen LogP contribution in [0.4, 0.5) is 0 Å². The molecule has 0 aliphatic carbocycles. The van der Waals surface area contributed by atoms with Crippen LogP contribution in [0.2, 0.25) is 0 Å². The first-order chi connectivity index (χ1) is 15.6. The van der Waals surface area contributed by atoms with Crippen molar-refractivity contribution in [3.05, 3.63) is 59.5 Å². The van der Waals surface area contributed by atoms with Crippen LogP contribution in [0.25, 0.3) is 0 Å². The van der Waals surface area contributed by atoms with Gasteiger partial charge in [0.2, 0.25) is 0 Å². The average molecular weight is 567 g/mol. The number of aliphatic hydroxyl groups excluding tert-OH is 1. The Labute approximate surface area is 212 Å². The van der Waals surface area contributed by atoms with Gasteiger partial charge in [0, 0.05) is 52.4 Å². The van der Waals surface area contributed by atoms with E-state index in [-0.39, 0.29) is 29.9 Å². The van der Waals surface area contributed by atoms with Crippen LogP contribution in [0.3, 0.4) is 0 Å². The summed E-state index contributed by atoms with van der Waals surface area (Å²) in [5, 5.41) is 14.0. The molecule has 0 spiro atoms. The SMILES string of the molecule is CCNC(=NCC(O)CN1CCc2ccccc2C1)N1CCN(C(=O)c2ccco2)CC1.I. The number of aliphatic hydroxyl groups is 1. The Morgan fingerprint density at radius 3 is 2.52 bits per heavy atom. The summed E-state index contributed by atoms with van der Waals surface area (Å²) in [4.78, 5) is 23.4. The minimum Gasteiger partial charge on any atom is -0.459 e. The quantitative estimate of drug-likeness (QED) is 0.316. The molecule has 180 valence electrons. The van der Waals surface area contributed by atoms with Gasteiger partial charge < -0.3 is 24.6 Å². The van der Waals surface area contributed by atoms with Gasteiger partial charge in [-0.2, -0.15) is 0 Å². The Hall–Kier alpha value is -2.11. The summed E-state index contributed by atoms with van der Waals surface area (Å²) in [6.45, 7) is 8.20. The van der Waals surface area contributed by atoms with Crippen molar-refractivity contribution >= 4 is 35.8 Å². The second kappa shape index (κ2) is 12.4. The van der Waals surface area contributed by atoms with E-state index in [0.717, 1.165) is 32.0 Å². The van der Waals surface area contributed by atoms with Crippen molar-refractivity contribution in [2.75, 3.05) is 52.4 Å². The second-order valence-corrected chi connectivity index (χ2v) is 8.36. The molecule has 0 bridgehead atoms. The molecular weight excluding hydrogens is 533 g/mol. The van der Waals surface area contributed by atoms with E-state index in [0.29, 0.717) is 45.0 Å². The first-order valence-electron chi connectivity index (χ1n) is 11.5. The van der Waals surface area contributed by atoms with Crippen molar-refractivity contribution in [2.45, 2.75) is 26.0 Å². The Morgan fingerprint density at radius 2 is 1.82 bits per heavy atom. The predicted molar refractivity (Wildman–Crippen MR) is 139 cm³/mol. The molecular formula is C24H34IN5O3. The molecule has 2 aromatic rings. The minimum atomic E-state index is -0.518. The molecule has 3 heterocycles. The van der Waals surface area contributed by atoms with Gasteiger partial charge in [-0.3, -0.25) is 14.7 Å². The summed E-state index contributed by atoms with van der Waals surface area (Å²) >= 11 is 0. The highest BCUT2D eigenvalue weighted by Crippen LogP contribution is 2.18. The fourth-order valence-electron chi connectivity index (χ4n) is 4.36. The molecule has 1 fully saturated rings. The van der Waals surface area contributed by atoms with Crippen molar-refractivity contribution in [2.24, 2.45) is 4.99 Å². The number of nitrogens with zero attached hydrogens (tertiary/aromatic N) is 4. The fourth-order valence-corrected chi connectivity index (χ4v) is 4.36. The van der Waals surface area contributed by atoms with Crippen LogP contribution in [-0.2, 0) is 13.0 Å². The van der Waals surface area contributed by atoms with Gasteiger partial charge >= 0.3 is 0 Å². The van der Waals surface area contributed by atoms with Crippen LogP contribution >= 0.6 is 24.0 Å². The number of nitrogens with one attached hydrogen (secondary N) is 1. The Morgan fingerprint density at radius 1 is 1.09 bits per heavy atom. The molecule has 2 aliphatic rings. The molecule has 1 aromatic heterocycles. The van der Waals surface area contributed by atoms with Gasteiger partial charge in [-0.25, -0.2) is 0 Å². The lowest BCUT2D eigenvalue weighted by atomic mass is 10.00. The lowest BCUT2D eigenvalue weighted by molar-refractivity contribution is 0.0657. The molecule has 2 aliphatic heterocycles. The maximum Gasteiger partial charge on any atom is 0.289 e. The predicted octanol–water partition coefficient (Wildman–Crippen LogP) is 2.04. The summed E-state index contributed by atoms with van der Waals surface area (Å²) in [5.41, 5.74) is 2.76. The number of guanidine groups is 1. The summed E-state index contributed by atoms with van der Waals surface area (Å²) in [5.74, 6) is 1.10. The maximum atomic E-state index is 12.5. The number of amides is 1. The van der Waals surface area contributed by atoms with E-state index in [1.165, 1.54) is 17.4 Å². The number of hydrogen-bond donors (Lipinski definition) is 2. The lowest BCUT2D eigenvalue weighted by Crippen LogP contribution is -2.54. The number of piperazine rings is 1. The highest BCUT2D eigenvalue weighted by atomic mass is 127. The van der Waals surface area contributed by atoms with Gasteiger partial charge in [-0.1, -0.05) is 24.3 Å². The fraction of sp³-hybridized carbons (Fsp3) is 0.500. The normalized spacial score (nSPS) is 17.8. The molecule has 1 aromatic carbocycles. The number of carbonyl (C=O) groups excluding carboxylic acids is 1. The van der Waals surface area contributed by atoms with E-state index in [1.54, 1.807) is 12.1 Å². The third kappa shape index (κ3) is 6.70. The smallest absolute Gasteiger partial charge is 0.289 e. The Kier molecular flexibility index (Phi) is 9.57. The van der Waals surface area contributed by atoms with Gasteiger partial charge in [0.15, 0.2) is 11.7 Å². The molecule has 8 nitrogen and oxygen atoms in total. The van der Waals surface area contributed by atoms with Crippen molar-refractivity contribution in [1.29, 1.82) is 0 Å². The van der Waals surface area contributed by atoms with E-state index in [9.17, 15) is 9.90 Å². The largest absolute Gasteiger partial charge is 0.459 e. The first-order valence-corrected chi connectivity index (χ1v) is 11.5. The highest BCUT2D eigenvalue weighted by molar-refractivity contribution is 14.0.